The molecular weight excluding hydrogens is 240 g/mol. The highest BCUT2D eigenvalue weighted by molar-refractivity contribution is 6.31. The van der Waals surface area contributed by atoms with E-state index in [0.29, 0.717) is 17.3 Å². The number of primary amides is 1. The van der Waals surface area contributed by atoms with Gasteiger partial charge in [-0.05, 0) is 31.5 Å². The molecule has 0 spiro atoms. The van der Waals surface area contributed by atoms with Gasteiger partial charge in [-0.2, -0.15) is 0 Å². The predicted octanol–water partition coefficient (Wildman–Crippen LogP) is 1.88. The van der Waals surface area contributed by atoms with Gasteiger partial charge >= 0.3 is 0 Å². The van der Waals surface area contributed by atoms with Crippen molar-refractivity contribution >= 4 is 29.1 Å². The molecule has 0 unspecified atom stereocenters. The van der Waals surface area contributed by atoms with Gasteiger partial charge in [0.1, 0.15) is 6.42 Å². The molecule has 5 heteroatoms. The molecule has 0 fully saturated rings. The smallest absolute Gasteiger partial charge is 0.236 e. The van der Waals surface area contributed by atoms with Crippen LogP contribution >= 0.6 is 11.6 Å². The number of halogens is 1. The van der Waals surface area contributed by atoms with Crippen LogP contribution in [0.4, 0.5) is 5.69 Å². The number of benzene rings is 1. The molecule has 0 saturated heterocycles. The lowest BCUT2D eigenvalue weighted by atomic mass is 10.1. The molecule has 0 atom stereocenters. The Kier molecular flexibility index (Phi) is 4.52. The molecule has 4 nitrogen and oxygen atoms in total. The lowest BCUT2D eigenvalue weighted by Crippen LogP contribution is -2.34. The largest absolute Gasteiger partial charge is 0.369 e. The Morgan fingerprint density at radius 2 is 2.06 bits per heavy atom. The monoisotopic (exact) mass is 254 g/mol. The minimum atomic E-state index is -0.631. The van der Waals surface area contributed by atoms with Gasteiger partial charge in [0.05, 0.1) is 0 Å². The normalized spacial score (nSPS) is 10.1. The fourth-order valence-electron chi connectivity index (χ4n) is 1.61. The van der Waals surface area contributed by atoms with Gasteiger partial charge < -0.3 is 10.6 Å². The van der Waals surface area contributed by atoms with E-state index >= 15 is 0 Å². The van der Waals surface area contributed by atoms with Crippen LogP contribution in [0.15, 0.2) is 18.2 Å². The summed E-state index contributed by atoms with van der Waals surface area (Å²) in [6.45, 7) is 4.13. The fourth-order valence-corrected chi connectivity index (χ4v) is 1.78. The first-order valence-corrected chi connectivity index (χ1v) is 5.69. The Labute approximate surface area is 105 Å². The summed E-state index contributed by atoms with van der Waals surface area (Å²) in [6.07, 6.45) is -0.292. The third-order valence-corrected chi connectivity index (χ3v) is 2.88. The molecule has 17 heavy (non-hydrogen) atoms. The van der Waals surface area contributed by atoms with Gasteiger partial charge in [-0.15, -0.1) is 0 Å². The maximum Gasteiger partial charge on any atom is 0.236 e. The van der Waals surface area contributed by atoms with E-state index in [1.54, 1.807) is 18.2 Å². The Bertz CT molecular complexity index is 446. The van der Waals surface area contributed by atoms with Crippen molar-refractivity contribution in [1.82, 2.24) is 0 Å². The van der Waals surface area contributed by atoms with Crippen LogP contribution in [0.2, 0.25) is 5.02 Å². The Balaban J connectivity index is 3.05. The minimum absolute atomic E-state index is 0.292. The van der Waals surface area contributed by atoms with E-state index in [9.17, 15) is 9.59 Å². The highest BCUT2D eigenvalue weighted by atomic mass is 35.5. The van der Waals surface area contributed by atoms with Crippen molar-refractivity contribution in [2.24, 2.45) is 5.73 Å². The summed E-state index contributed by atoms with van der Waals surface area (Å²) in [5.41, 5.74) is 6.55. The highest BCUT2D eigenvalue weighted by Gasteiger charge is 2.18. The maximum absolute atomic E-state index is 11.8. The van der Waals surface area contributed by atoms with Crippen molar-refractivity contribution in [3.63, 3.8) is 0 Å². The van der Waals surface area contributed by atoms with Gasteiger partial charge in [-0.3, -0.25) is 9.59 Å². The first-order valence-electron chi connectivity index (χ1n) is 5.31. The lowest BCUT2D eigenvalue weighted by Gasteiger charge is -2.22. The standard InChI is InChI=1S/C12H15ClN2O2/c1-3-15(12(17)7-11(14)16)10-6-4-5-9(13)8(10)2/h4-6H,3,7H2,1-2H3,(H2,14,16). The average molecular weight is 255 g/mol. The van der Waals surface area contributed by atoms with Gasteiger partial charge in [-0.1, -0.05) is 17.7 Å². The molecule has 0 aliphatic rings. The lowest BCUT2D eigenvalue weighted by molar-refractivity contribution is -0.126. The van der Waals surface area contributed by atoms with Gasteiger partial charge in [0.2, 0.25) is 11.8 Å². The number of hydrogen-bond donors (Lipinski definition) is 1. The second-order valence-electron chi connectivity index (χ2n) is 3.67. The molecule has 0 aliphatic carbocycles. The van der Waals surface area contributed by atoms with Crippen LogP contribution in [0, 0.1) is 6.92 Å². The molecule has 0 aliphatic heterocycles. The maximum atomic E-state index is 11.8. The predicted molar refractivity (Wildman–Crippen MR) is 68.0 cm³/mol. The van der Waals surface area contributed by atoms with Crippen molar-refractivity contribution in [3.05, 3.63) is 28.8 Å². The van der Waals surface area contributed by atoms with Gasteiger partial charge in [0.25, 0.3) is 0 Å². The van der Waals surface area contributed by atoms with Crippen molar-refractivity contribution in [2.45, 2.75) is 20.3 Å². The second kappa shape index (κ2) is 5.68. The van der Waals surface area contributed by atoms with Crippen molar-refractivity contribution < 1.29 is 9.59 Å². The third-order valence-electron chi connectivity index (χ3n) is 2.47. The molecule has 2 N–H and O–H groups in total. The third kappa shape index (κ3) is 3.20. The van der Waals surface area contributed by atoms with Crippen LogP contribution in [-0.4, -0.2) is 18.4 Å². The molecule has 0 aromatic heterocycles. The van der Waals surface area contributed by atoms with Crippen LogP contribution < -0.4 is 10.6 Å². The molecule has 92 valence electrons. The molecule has 1 aromatic carbocycles. The number of anilines is 1. The molecule has 1 rings (SSSR count). The highest BCUT2D eigenvalue weighted by Crippen LogP contribution is 2.26. The summed E-state index contributed by atoms with van der Waals surface area (Å²) in [6, 6.07) is 5.32. The summed E-state index contributed by atoms with van der Waals surface area (Å²) in [5, 5.41) is 0.591. The van der Waals surface area contributed by atoms with E-state index in [0.717, 1.165) is 5.56 Å². The van der Waals surface area contributed by atoms with Crippen LogP contribution in [0.5, 0.6) is 0 Å². The van der Waals surface area contributed by atoms with E-state index in [2.05, 4.69) is 0 Å². The molecule has 0 saturated carbocycles. The summed E-state index contributed by atoms with van der Waals surface area (Å²) < 4.78 is 0. The number of nitrogens with two attached hydrogens (primary N) is 1. The van der Waals surface area contributed by atoms with Crippen molar-refractivity contribution in [2.75, 3.05) is 11.4 Å². The number of nitrogens with zero attached hydrogens (tertiary/aromatic N) is 1. The Morgan fingerprint density at radius 3 is 2.59 bits per heavy atom. The first kappa shape index (κ1) is 13.5. The zero-order valence-electron chi connectivity index (χ0n) is 9.87. The quantitative estimate of drug-likeness (QED) is 0.834. The second-order valence-corrected chi connectivity index (χ2v) is 4.07. The van der Waals surface area contributed by atoms with E-state index < -0.39 is 5.91 Å². The van der Waals surface area contributed by atoms with E-state index in [4.69, 9.17) is 17.3 Å². The average Bonchev–Trinajstić information content (AvgIpc) is 2.24. The SMILES string of the molecule is CCN(C(=O)CC(N)=O)c1cccc(Cl)c1C. The Morgan fingerprint density at radius 1 is 1.41 bits per heavy atom. The number of hydrogen-bond acceptors (Lipinski definition) is 2. The van der Waals surface area contributed by atoms with Crippen LogP contribution in [0.1, 0.15) is 18.9 Å². The number of carbonyl (C=O) groups excluding carboxylic acids is 2. The minimum Gasteiger partial charge on any atom is -0.369 e. The summed E-state index contributed by atoms with van der Waals surface area (Å²) >= 11 is 6.00. The summed E-state index contributed by atoms with van der Waals surface area (Å²) in [5.74, 6) is -0.946. The van der Waals surface area contributed by atoms with Crippen molar-refractivity contribution in [1.29, 1.82) is 0 Å². The van der Waals surface area contributed by atoms with Crippen molar-refractivity contribution in [3.8, 4) is 0 Å². The van der Waals surface area contributed by atoms with Gasteiger partial charge in [0, 0.05) is 17.3 Å². The molecule has 0 bridgehead atoms. The topological polar surface area (TPSA) is 63.4 Å². The fraction of sp³-hybridized carbons (Fsp3) is 0.333. The Hall–Kier alpha value is -1.55. The number of carbonyl (C=O) groups is 2. The number of amides is 2. The first-order chi connectivity index (χ1) is 7.97. The van der Waals surface area contributed by atoms with E-state index in [1.165, 1.54) is 4.90 Å². The molecule has 1 aromatic rings. The van der Waals surface area contributed by atoms with E-state index in [-0.39, 0.29) is 12.3 Å². The van der Waals surface area contributed by atoms with Crippen LogP contribution in [0.3, 0.4) is 0 Å². The molecular formula is C12H15ClN2O2. The summed E-state index contributed by atoms with van der Waals surface area (Å²) in [7, 11) is 0. The van der Waals surface area contributed by atoms with Crippen LogP contribution in [-0.2, 0) is 9.59 Å². The zero-order valence-corrected chi connectivity index (χ0v) is 10.6. The van der Waals surface area contributed by atoms with Crippen LogP contribution in [0.25, 0.3) is 0 Å². The molecule has 0 heterocycles. The molecule has 0 radical (unpaired) electrons. The summed E-state index contributed by atoms with van der Waals surface area (Å²) in [4.78, 5) is 24.1. The zero-order chi connectivity index (χ0) is 13.0. The van der Waals surface area contributed by atoms with E-state index in [1.807, 2.05) is 13.8 Å². The molecule has 2 amide bonds. The number of rotatable bonds is 4. The van der Waals surface area contributed by atoms with Gasteiger partial charge in [-0.25, -0.2) is 0 Å². The van der Waals surface area contributed by atoms with Gasteiger partial charge in [0.15, 0.2) is 0 Å².